The number of carbonyl (C=O) groups excluding carboxylic acids is 1. The Hall–Kier alpha value is -0.770. The number of nitrogens with one attached hydrogen (secondary N) is 1. The second-order valence-corrected chi connectivity index (χ2v) is 6.11. The first-order valence-corrected chi connectivity index (χ1v) is 6.91. The average Bonchev–Trinajstić information content (AvgIpc) is 2.27. The van der Waals surface area contributed by atoms with E-state index in [1.807, 2.05) is 20.8 Å². The summed E-state index contributed by atoms with van der Waals surface area (Å²) in [6, 6.07) is 0.0742. The molecule has 0 saturated heterocycles. The molecule has 0 heterocycles. The predicted molar refractivity (Wildman–Crippen MR) is 71.6 cm³/mol. The number of rotatable bonds is 4. The van der Waals surface area contributed by atoms with Crippen molar-refractivity contribution in [1.82, 2.24) is 5.32 Å². The zero-order valence-corrected chi connectivity index (χ0v) is 12.1. The molecule has 0 aromatic heterocycles. The first-order valence-electron chi connectivity index (χ1n) is 6.91. The molecule has 1 aliphatic carbocycles. The quantitative estimate of drug-likeness (QED) is 0.841. The first-order chi connectivity index (χ1) is 8.42. The van der Waals surface area contributed by atoms with Crippen LogP contribution in [0.3, 0.4) is 0 Å². The van der Waals surface area contributed by atoms with Crippen molar-refractivity contribution in [2.45, 2.75) is 64.5 Å². The van der Waals surface area contributed by atoms with Gasteiger partial charge >= 0.3 is 6.09 Å². The molecular formula is C14H27NO3. The maximum atomic E-state index is 11.8. The van der Waals surface area contributed by atoms with Crippen molar-refractivity contribution in [1.29, 1.82) is 0 Å². The minimum absolute atomic E-state index is 0.0742. The van der Waals surface area contributed by atoms with E-state index in [-0.39, 0.29) is 12.1 Å². The van der Waals surface area contributed by atoms with Crippen LogP contribution in [0.5, 0.6) is 0 Å². The van der Waals surface area contributed by atoms with Crippen molar-refractivity contribution >= 4 is 6.09 Å². The van der Waals surface area contributed by atoms with Crippen LogP contribution >= 0.6 is 0 Å². The summed E-state index contributed by atoms with van der Waals surface area (Å²) in [5, 5.41) is 2.96. The molecule has 4 nitrogen and oxygen atoms in total. The Morgan fingerprint density at radius 1 is 1.28 bits per heavy atom. The lowest BCUT2D eigenvalue weighted by Crippen LogP contribution is -2.46. The Labute approximate surface area is 110 Å². The highest BCUT2D eigenvalue weighted by Crippen LogP contribution is 2.26. The molecule has 1 aliphatic rings. The monoisotopic (exact) mass is 257 g/mol. The standard InChI is InChI=1S/C14H27NO3/c1-14(2,3)18-13(16)15-12(10-17-4)11-8-6-5-7-9-11/h11-12H,5-10H2,1-4H3,(H,15,16). The lowest BCUT2D eigenvalue weighted by molar-refractivity contribution is 0.0415. The molecule has 0 bridgehead atoms. The van der Waals surface area contributed by atoms with Gasteiger partial charge in [-0.2, -0.15) is 0 Å². The third-order valence-corrected chi connectivity index (χ3v) is 3.27. The molecule has 4 heteroatoms. The van der Waals surface area contributed by atoms with Crippen LogP contribution in [0.4, 0.5) is 4.79 Å². The van der Waals surface area contributed by atoms with Crippen molar-refractivity contribution in [3.05, 3.63) is 0 Å². The zero-order chi connectivity index (χ0) is 13.6. The van der Waals surface area contributed by atoms with Gasteiger partial charge in [-0.25, -0.2) is 4.79 Å². The number of amides is 1. The van der Waals surface area contributed by atoms with Crippen LogP contribution in [0.25, 0.3) is 0 Å². The summed E-state index contributed by atoms with van der Waals surface area (Å²) in [6.45, 7) is 6.18. The van der Waals surface area contributed by atoms with Crippen LogP contribution in [0.2, 0.25) is 0 Å². The van der Waals surface area contributed by atoms with Gasteiger partial charge in [0, 0.05) is 7.11 Å². The lowest BCUT2D eigenvalue weighted by Gasteiger charge is -2.31. The third kappa shape index (κ3) is 5.71. The highest BCUT2D eigenvalue weighted by molar-refractivity contribution is 5.68. The van der Waals surface area contributed by atoms with Gasteiger partial charge in [-0.05, 0) is 39.5 Å². The molecule has 1 saturated carbocycles. The summed E-state index contributed by atoms with van der Waals surface area (Å²) in [7, 11) is 1.67. The van der Waals surface area contributed by atoms with Gasteiger partial charge in [0.05, 0.1) is 12.6 Å². The summed E-state index contributed by atoms with van der Waals surface area (Å²) in [5.41, 5.74) is -0.450. The summed E-state index contributed by atoms with van der Waals surface area (Å²) in [4.78, 5) is 11.8. The summed E-state index contributed by atoms with van der Waals surface area (Å²) >= 11 is 0. The van der Waals surface area contributed by atoms with Gasteiger partial charge in [0.1, 0.15) is 5.60 Å². The highest BCUT2D eigenvalue weighted by atomic mass is 16.6. The Balaban J connectivity index is 2.48. The van der Waals surface area contributed by atoms with Crippen LogP contribution < -0.4 is 5.32 Å². The van der Waals surface area contributed by atoms with Crippen LogP contribution in [-0.4, -0.2) is 31.5 Å². The molecular weight excluding hydrogens is 230 g/mol. The SMILES string of the molecule is COCC(NC(=O)OC(C)(C)C)C1CCCCC1. The number of ether oxygens (including phenoxy) is 2. The Kier molecular flexibility index (Phi) is 5.93. The maximum absolute atomic E-state index is 11.8. The molecule has 18 heavy (non-hydrogen) atoms. The van der Waals surface area contributed by atoms with E-state index in [1.54, 1.807) is 7.11 Å². The highest BCUT2D eigenvalue weighted by Gasteiger charge is 2.27. The van der Waals surface area contributed by atoms with Gasteiger partial charge in [-0.3, -0.25) is 0 Å². The van der Waals surface area contributed by atoms with Crippen molar-refractivity contribution in [3.8, 4) is 0 Å². The minimum Gasteiger partial charge on any atom is -0.444 e. The fourth-order valence-corrected chi connectivity index (χ4v) is 2.47. The number of hydrogen-bond acceptors (Lipinski definition) is 3. The topological polar surface area (TPSA) is 47.6 Å². The zero-order valence-electron chi connectivity index (χ0n) is 12.1. The van der Waals surface area contributed by atoms with E-state index < -0.39 is 5.60 Å². The number of alkyl carbamates (subject to hydrolysis) is 1. The molecule has 0 aromatic rings. The van der Waals surface area contributed by atoms with Crippen LogP contribution in [0.1, 0.15) is 52.9 Å². The maximum Gasteiger partial charge on any atom is 0.407 e. The van der Waals surface area contributed by atoms with Crippen molar-refractivity contribution in [3.63, 3.8) is 0 Å². The summed E-state index contributed by atoms with van der Waals surface area (Å²) < 4.78 is 10.5. The number of carbonyl (C=O) groups is 1. The number of methoxy groups -OCH3 is 1. The smallest absolute Gasteiger partial charge is 0.407 e. The minimum atomic E-state index is -0.450. The van der Waals surface area contributed by atoms with Gasteiger partial charge in [0.15, 0.2) is 0 Å². The Bertz CT molecular complexity index is 254. The summed E-state index contributed by atoms with van der Waals surface area (Å²) in [5.74, 6) is 0.520. The van der Waals surface area contributed by atoms with Gasteiger partial charge in [0.2, 0.25) is 0 Å². The molecule has 1 unspecified atom stereocenters. The number of hydrogen-bond donors (Lipinski definition) is 1. The average molecular weight is 257 g/mol. The molecule has 0 spiro atoms. The molecule has 1 rings (SSSR count). The predicted octanol–water partition coefficient (Wildman–Crippen LogP) is 3.11. The van der Waals surface area contributed by atoms with Crippen LogP contribution in [0, 0.1) is 5.92 Å². The van der Waals surface area contributed by atoms with E-state index in [4.69, 9.17) is 9.47 Å². The first kappa shape index (κ1) is 15.3. The van der Waals surface area contributed by atoms with E-state index >= 15 is 0 Å². The van der Waals surface area contributed by atoms with Crippen LogP contribution in [-0.2, 0) is 9.47 Å². The van der Waals surface area contributed by atoms with Crippen molar-refractivity contribution in [2.24, 2.45) is 5.92 Å². The normalized spacial score (nSPS) is 19.3. The Morgan fingerprint density at radius 2 is 1.89 bits per heavy atom. The van der Waals surface area contributed by atoms with Gasteiger partial charge in [-0.1, -0.05) is 19.3 Å². The third-order valence-electron chi connectivity index (χ3n) is 3.27. The largest absolute Gasteiger partial charge is 0.444 e. The van der Waals surface area contributed by atoms with E-state index in [2.05, 4.69) is 5.32 Å². The van der Waals surface area contributed by atoms with E-state index in [0.29, 0.717) is 12.5 Å². The van der Waals surface area contributed by atoms with Crippen molar-refractivity contribution in [2.75, 3.05) is 13.7 Å². The van der Waals surface area contributed by atoms with E-state index in [1.165, 1.54) is 32.1 Å². The fraction of sp³-hybridized carbons (Fsp3) is 0.929. The molecule has 1 fully saturated rings. The second kappa shape index (κ2) is 6.98. The van der Waals surface area contributed by atoms with Gasteiger partial charge in [0.25, 0.3) is 0 Å². The summed E-state index contributed by atoms with van der Waals surface area (Å²) in [6.07, 6.45) is 5.81. The molecule has 1 amide bonds. The van der Waals surface area contributed by atoms with Crippen LogP contribution in [0.15, 0.2) is 0 Å². The molecule has 1 N–H and O–H groups in total. The molecule has 0 aromatic carbocycles. The molecule has 0 radical (unpaired) electrons. The van der Waals surface area contributed by atoms with Gasteiger partial charge < -0.3 is 14.8 Å². The molecule has 0 aliphatic heterocycles. The van der Waals surface area contributed by atoms with E-state index in [9.17, 15) is 4.79 Å². The van der Waals surface area contributed by atoms with Crippen molar-refractivity contribution < 1.29 is 14.3 Å². The van der Waals surface area contributed by atoms with Gasteiger partial charge in [-0.15, -0.1) is 0 Å². The lowest BCUT2D eigenvalue weighted by atomic mass is 9.84. The fourth-order valence-electron chi connectivity index (χ4n) is 2.47. The van der Waals surface area contributed by atoms with E-state index in [0.717, 1.165) is 0 Å². The second-order valence-electron chi connectivity index (χ2n) is 6.11. The molecule has 106 valence electrons. The molecule has 1 atom stereocenters. The Morgan fingerprint density at radius 3 is 2.39 bits per heavy atom.